The third-order valence-electron chi connectivity index (χ3n) is 5.72. The number of quaternary nitrogens is 1. The van der Waals surface area contributed by atoms with E-state index in [-0.39, 0.29) is 0 Å². The van der Waals surface area contributed by atoms with Crippen LogP contribution in [-0.4, -0.2) is 44.4 Å². The van der Waals surface area contributed by atoms with Gasteiger partial charge in [0.1, 0.15) is 12.6 Å². The van der Waals surface area contributed by atoms with Crippen molar-refractivity contribution < 1.29 is 9.22 Å². The van der Waals surface area contributed by atoms with Crippen LogP contribution in [-0.2, 0) is 4.74 Å². The van der Waals surface area contributed by atoms with Crippen LogP contribution in [0.15, 0.2) is 0 Å². The Morgan fingerprint density at radius 3 is 1.36 bits per heavy atom. The second-order valence-electron chi connectivity index (χ2n) is 9.10. The Balaban J connectivity index is 1.70. The van der Waals surface area contributed by atoms with Gasteiger partial charge in [-0.2, -0.15) is 0 Å². The van der Waals surface area contributed by atoms with Gasteiger partial charge in [0, 0.05) is 0 Å². The zero-order valence-corrected chi connectivity index (χ0v) is 17.9. The van der Waals surface area contributed by atoms with E-state index < -0.39 is 0 Å². The van der Waals surface area contributed by atoms with Gasteiger partial charge in [-0.15, -0.1) is 0 Å². The van der Waals surface area contributed by atoms with Gasteiger partial charge in [-0.25, -0.2) is 0 Å². The molecular weight excluding hydrogens is 306 g/mol. The fourth-order valence-electron chi connectivity index (χ4n) is 3.90. The molecule has 1 atom stereocenters. The summed E-state index contributed by atoms with van der Waals surface area (Å²) in [6, 6.07) is 0. The number of likely N-dealkylation sites (N-methyl/N-ethyl adjacent to an activating group) is 1. The van der Waals surface area contributed by atoms with Crippen LogP contribution in [0.5, 0.6) is 0 Å². The molecule has 0 spiro atoms. The minimum Gasteiger partial charge on any atom is -0.367 e. The number of nitrogens with zero attached hydrogens (tertiary/aromatic N) is 1. The van der Waals surface area contributed by atoms with Gasteiger partial charge in [-0.1, -0.05) is 96.8 Å². The lowest BCUT2D eigenvalue weighted by Gasteiger charge is -2.29. The van der Waals surface area contributed by atoms with Gasteiger partial charge in [0.25, 0.3) is 0 Å². The molecule has 0 bridgehead atoms. The van der Waals surface area contributed by atoms with Crippen LogP contribution >= 0.6 is 0 Å². The first kappa shape index (κ1) is 23.0. The van der Waals surface area contributed by atoms with Gasteiger partial charge in [-0.3, -0.25) is 0 Å². The van der Waals surface area contributed by atoms with Gasteiger partial charge in [0.05, 0.1) is 27.2 Å². The van der Waals surface area contributed by atoms with Crippen molar-refractivity contribution in [2.45, 2.75) is 116 Å². The summed E-state index contributed by atoms with van der Waals surface area (Å²) < 4.78 is 6.50. The van der Waals surface area contributed by atoms with Gasteiger partial charge in [-0.05, 0) is 12.8 Å². The molecule has 0 unspecified atom stereocenters. The highest BCUT2D eigenvalue weighted by Gasteiger charge is 2.30. The largest absolute Gasteiger partial charge is 0.367 e. The molecule has 1 fully saturated rings. The maximum atomic E-state index is 5.36. The molecule has 0 radical (unpaired) electrons. The van der Waals surface area contributed by atoms with Crippen LogP contribution in [0.3, 0.4) is 0 Å². The standard InChI is InChI=1S/C23H48NO/c1-4-5-6-7-8-9-10-11-12-13-14-15-16-17-18-19-20-24(2,3)21-23-22-25-23/h23H,4-22H2,1-3H3/q+1/t23-/m1/s1. The number of unbranched alkanes of at least 4 members (excludes halogenated alkanes) is 15. The number of hydrogen-bond acceptors (Lipinski definition) is 1. The van der Waals surface area contributed by atoms with Gasteiger partial charge in [0.15, 0.2) is 0 Å². The summed E-state index contributed by atoms with van der Waals surface area (Å²) >= 11 is 0. The summed E-state index contributed by atoms with van der Waals surface area (Å²) in [5.74, 6) is 0. The highest BCUT2D eigenvalue weighted by molar-refractivity contribution is 4.67. The monoisotopic (exact) mass is 354 g/mol. The van der Waals surface area contributed by atoms with E-state index >= 15 is 0 Å². The molecule has 2 nitrogen and oxygen atoms in total. The number of ether oxygens (including phenoxy) is 1. The molecule has 1 rings (SSSR count). The highest BCUT2D eigenvalue weighted by Crippen LogP contribution is 2.16. The molecule has 1 aliphatic rings. The van der Waals surface area contributed by atoms with E-state index in [1.807, 2.05) is 0 Å². The first-order valence-electron chi connectivity index (χ1n) is 11.6. The van der Waals surface area contributed by atoms with Crippen LogP contribution in [0.2, 0.25) is 0 Å². The third-order valence-corrected chi connectivity index (χ3v) is 5.72. The lowest BCUT2D eigenvalue weighted by molar-refractivity contribution is -0.891. The SMILES string of the molecule is CCCCCCCCCCCCCCCCCC[N+](C)(C)C[C@@H]1CO1. The fourth-order valence-corrected chi connectivity index (χ4v) is 3.90. The fraction of sp³-hybridized carbons (Fsp3) is 1.00. The maximum Gasteiger partial charge on any atom is 0.130 e. The van der Waals surface area contributed by atoms with Crippen molar-refractivity contribution in [1.29, 1.82) is 0 Å². The molecule has 150 valence electrons. The molecule has 0 N–H and O–H groups in total. The van der Waals surface area contributed by atoms with E-state index in [9.17, 15) is 0 Å². The summed E-state index contributed by atoms with van der Waals surface area (Å²) in [5.41, 5.74) is 0. The summed E-state index contributed by atoms with van der Waals surface area (Å²) in [6.45, 7) is 5.82. The number of epoxide rings is 1. The average Bonchev–Trinajstić information content (AvgIpc) is 3.37. The Morgan fingerprint density at radius 2 is 1.00 bits per heavy atom. The minimum atomic E-state index is 0.566. The Morgan fingerprint density at radius 1 is 0.640 bits per heavy atom. The zero-order valence-electron chi connectivity index (χ0n) is 17.9. The van der Waals surface area contributed by atoms with Crippen LogP contribution < -0.4 is 0 Å². The first-order chi connectivity index (χ1) is 12.1. The Hall–Kier alpha value is -0.0800. The Kier molecular flexibility index (Phi) is 13.8. The molecule has 0 aromatic rings. The Labute approximate surface area is 159 Å². The van der Waals surface area contributed by atoms with E-state index in [1.54, 1.807) is 0 Å². The predicted molar refractivity (Wildman–Crippen MR) is 111 cm³/mol. The van der Waals surface area contributed by atoms with Gasteiger partial charge < -0.3 is 9.22 Å². The third kappa shape index (κ3) is 15.9. The van der Waals surface area contributed by atoms with E-state index in [2.05, 4.69) is 21.0 Å². The smallest absolute Gasteiger partial charge is 0.130 e. The normalized spacial score (nSPS) is 17.2. The van der Waals surface area contributed by atoms with Crippen LogP contribution in [0, 0.1) is 0 Å². The molecule has 0 aromatic heterocycles. The van der Waals surface area contributed by atoms with Crippen LogP contribution in [0.25, 0.3) is 0 Å². The first-order valence-corrected chi connectivity index (χ1v) is 11.6. The van der Waals surface area contributed by atoms with Crippen molar-refractivity contribution in [3.63, 3.8) is 0 Å². The zero-order chi connectivity index (χ0) is 18.2. The topological polar surface area (TPSA) is 12.5 Å². The van der Waals surface area contributed by atoms with Crippen LogP contribution in [0.4, 0.5) is 0 Å². The molecular formula is C23H48NO+. The van der Waals surface area contributed by atoms with Gasteiger partial charge in [0.2, 0.25) is 0 Å². The van der Waals surface area contributed by atoms with E-state index in [0.717, 1.165) is 11.1 Å². The minimum absolute atomic E-state index is 0.566. The van der Waals surface area contributed by atoms with E-state index in [0.29, 0.717) is 6.10 Å². The van der Waals surface area contributed by atoms with Crippen LogP contribution in [0.1, 0.15) is 110 Å². The number of hydrogen-bond donors (Lipinski definition) is 0. The van der Waals surface area contributed by atoms with Crippen molar-refractivity contribution in [2.75, 3.05) is 33.8 Å². The lowest BCUT2D eigenvalue weighted by Crippen LogP contribution is -2.43. The molecule has 25 heavy (non-hydrogen) atoms. The molecule has 0 aromatic carbocycles. The van der Waals surface area contributed by atoms with Crippen molar-refractivity contribution >= 4 is 0 Å². The van der Waals surface area contributed by atoms with E-state index in [4.69, 9.17) is 4.74 Å². The molecule has 1 saturated heterocycles. The molecule has 1 aliphatic heterocycles. The molecule has 0 amide bonds. The molecule has 0 saturated carbocycles. The number of rotatable bonds is 19. The quantitative estimate of drug-likeness (QED) is 0.142. The maximum absolute atomic E-state index is 5.36. The lowest BCUT2D eigenvalue weighted by atomic mass is 10.0. The second kappa shape index (κ2) is 15.0. The summed E-state index contributed by atoms with van der Waals surface area (Å²) in [6.07, 6.45) is 23.8. The van der Waals surface area contributed by atoms with E-state index in [1.165, 1.54) is 116 Å². The predicted octanol–water partition coefficient (Wildman–Crippen LogP) is 6.72. The van der Waals surface area contributed by atoms with Crippen molar-refractivity contribution in [2.24, 2.45) is 0 Å². The molecule has 0 aliphatic carbocycles. The van der Waals surface area contributed by atoms with Crippen molar-refractivity contribution in [3.05, 3.63) is 0 Å². The summed E-state index contributed by atoms with van der Waals surface area (Å²) in [4.78, 5) is 0. The highest BCUT2D eigenvalue weighted by atomic mass is 16.6. The molecule has 1 heterocycles. The summed E-state index contributed by atoms with van der Waals surface area (Å²) in [5, 5.41) is 0. The van der Waals surface area contributed by atoms with Crippen molar-refractivity contribution in [3.8, 4) is 0 Å². The van der Waals surface area contributed by atoms with Gasteiger partial charge >= 0.3 is 0 Å². The second-order valence-corrected chi connectivity index (χ2v) is 9.10. The van der Waals surface area contributed by atoms with Crippen molar-refractivity contribution in [1.82, 2.24) is 0 Å². The Bertz CT molecular complexity index is 286. The summed E-state index contributed by atoms with van der Waals surface area (Å²) in [7, 11) is 4.71. The average molecular weight is 355 g/mol. The molecule has 2 heteroatoms.